The van der Waals surface area contributed by atoms with Crippen LogP contribution in [0.2, 0.25) is 0 Å². The molecule has 0 unspecified atom stereocenters. The molecular formula is C22H25N3O2. The molecule has 2 aromatic carbocycles. The number of carbonyl (C=O) groups excluding carboxylic acids is 1. The van der Waals surface area contributed by atoms with Crippen LogP contribution in [0.5, 0.6) is 5.75 Å². The van der Waals surface area contributed by atoms with Gasteiger partial charge in [0.05, 0.1) is 7.11 Å². The normalized spacial score (nSPS) is 15.3. The molecule has 27 heavy (non-hydrogen) atoms. The van der Waals surface area contributed by atoms with Crippen molar-refractivity contribution in [2.45, 2.75) is 25.3 Å². The number of hydrogen-bond donors (Lipinski definition) is 2. The van der Waals surface area contributed by atoms with Gasteiger partial charge in [0.2, 0.25) is 0 Å². The van der Waals surface area contributed by atoms with Gasteiger partial charge >= 0.3 is 0 Å². The molecule has 0 bridgehead atoms. The van der Waals surface area contributed by atoms with Crippen LogP contribution in [0.3, 0.4) is 0 Å². The molecule has 0 saturated carbocycles. The summed E-state index contributed by atoms with van der Waals surface area (Å²) in [5, 5.41) is 1.22. The Morgan fingerprint density at radius 2 is 1.93 bits per heavy atom. The van der Waals surface area contributed by atoms with Gasteiger partial charge in [0.15, 0.2) is 0 Å². The Labute approximate surface area is 159 Å². The lowest BCUT2D eigenvalue weighted by Gasteiger charge is -2.32. The molecule has 1 aliphatic heterocycles. The van der Waals surface area contributed by atoms with Crippen molar-refractivity contribution >= 4 is 16.8 Å². The van der Waals surface area contributed by atoms with Crippen molar-refractivity contribution in [1.29, 1.82) is 0 Å². The highest BCUT2D eigenvalue weighted by atomic mass is 16.5. The Morgan fingerprint density at radius 3 is 2.59 bits per heavy atom. The average Bonchev–Trinajstić information content (AvgIpc) is 3.16. The summed E-state index contributed by atoms with van der Waals surface area (Å²) >= 11 is 0. The maximum Gasteiger partial charge on any atom is 0.253 e. The van der Waals surface area contributed by atoms with Crippen LogP contribution >= 0.6 is 0 Å². The minimum Gasteiger partial charge on any atom is -0.497 e. The zero-order valence-electron chi connectivity index (χ0n) is 15.6. The zero-order valence-corrected chi connectivity index (χ0v) is 15.6. The number of aromatic nitrogens is 1. The second-order valence-electron chi connectivity index (χ2n) is 7.12. The van der Waals surface area contributed by atoms with Crippen LogP contribution in [-0.2, 0) is 6.54 Å². The van der Waals surface area contributed by atoms with E-state index in [-0.39, 0.29) is 5.91 Å². The molecule has 5 heteroatoms. The third-order valence-electron chi connectivity index (χ3n) is 5.58. The number of rotatable bonds is 4. The fourth-order valence-corrected chi connectivity index (χ4v) is 3.95. The summed E-state index contributed by atoms with van der Waals surface area (Å²) in [4.78, 5) is 18.1. The molecule has 4 rings (SSSR count). The van der Waals surface area contributed by atoms with E-state index in [0.29, 0.717) is 12.5 Å². The molecule has 0 atom stereocenters. The summed E-state index contributed by atoms with van der Waals surface area (Å²) in [7, 11) is 1.69. The third-order valence-corrected chi connectivity index (χ3v) is 5.58. The number of piperidine rings is 1. The average molecular weight is 363 g/mol. The second-order valence-corrected chi connectivity index (χ2v) is 7.12. The van der Waals surface area contributed by atoms with E-state index in [2.05, 4.69) is 23.3 Å². The number of nitrogens with two attached hydrogens (primary N) is 1. The van der Waals surface area contributed by atoms with Gasteiger partial charge in [-0.2, -0.15) is 0 Å². The van der Waals surface area contributed by atoms with E-state index in [0.717, 1.165) is 48.3 Å². The Hall–Kier alpha value is -2.79. The van der Waals surface area contributed by atoms with Crippen LogP contribution in [0, 0.1) is 0 Å². The molecule has 1 aliphatic rings. The van der Waals surface area contributed by atoms with Gasteiger partial charge in [-0.05, 0) is 60.2 Å². The first-order chi connectivity index (χ1) is 13.2. The van der Waals surface area contributed by atoms with Gasteiger partial charge in [0.25, 0.3) is 5.91 Å². The standard InChI is InChI=1S/C22H25N3O2/c1-27-18-6-7-21-19(12-18)20(14-24-21)16-8-10-25(11-9-16)22(26)17-4-2-15(13-23)3-5-17/h2-7,12,14,16,24H,8-11,13,23H2,1H3. The Balaban J connectivity index is 1.46. The van der Waals surface area contributed by atoms with Crippen molar-refractivity contribution < 1.29 is 9.53 Å². The molecular weight excluding hydrogens is 338 g/mol. The Morgan fingerprint density at radius 1 is 1.19 bits per heavy atom. The Bertz CT molecular complexity index is 938. The summed E-state index contributed by atoms with van der Waals surface area (Å²) in [6.07, 6.45) is 4.05. The first kappa shape index (κ1) is 17.6. The molecule has 3 N–H and O–H groups in total. The van der Waals surface area contributed by atoms with E-state index in [4.69, 9.17) is 10.5 Å². The minimum atomic E-state index is 0.109. The molecule has 1 fully saturated rings. The van der Waals surface area contributed by atoms with Crippen molar-refractivity contribution in [3.63, 3.8) is 0 Å². The van der Waals surface area contributed by atoms with Crippen LogP contribution in [0.25, 0.3) is 10.9 Å². The minimum absolute atomic E-state index is 0.109. The number of methoxy groups -OCH3 is 1. The quantitative estimate of drug-likeness (QED) is 0.743. The van der Waals surface area contributed by atoms with E-state index in [1.165, 1.54) is 10.9 Å². The van der Waals surface area contributed by atoms with Crippen LogP contribution in [0.1, 0.15) is 40.2 Å². The molecule has 0 radical (unpaired) electrons. The highest BCUT2D eigenvalue weighted by Gasteiger charge is 2.26. The highest BCUT2D eigenvalue weighted by Crippen LogP contribution is 2.35. The lowest BCUT2D eigenvalue weighted by Crippen LogP contribution is -2.37. The van der Waals surface area contributed by atoms with Gasteiger partial charge in [-0.25, -0.2) is 0 Å². The van der Waals surface area contributed by atoms with Crippen molar-refractivity contribution in [2.75, 3.05) is 20.2 Å². The number of likely N-dealkylation sites (tertiary alicyclic amines) is 1. The van der Waals surface area contributed by atoms with Crippen LogP contribution < -0.4 is 10.5 Å². The van der Waals surface area contributed by atoms with Crippen molar-refractivity contribution in [2.24, 2.45) is 5.73 Å². The monoisotopic (exact) mass is 363 g/mol. The fourth-order valence-electron chi connectivity index (χ4n) is 3.95. The maximum atomic E-state index is 12.8. The van der Waals surface area contributed by atoms with Crippen molar-refractivity contribution in [3.05, 3.63) is 65.4 Å². The fraction of sp³-hybridized carbons (Fsp3) is 0.318. The number of aromatic amines is 1. The molecule has 1 aromatic heterocycles. The molecule has 1 amide bonds. The van der Waals surface area contributed by atoms with Gasteiger partial charge in [0.1, 0.15) is 5.75 Å². The number of amides is 1. The molecule has 3 aromatic rings. The number of ether oxygens (including phenoxy) is 1. The van der Waals surface area contributed by atoms with Gasteiger partial charge in [-0.15, -0.1) is 0 Å². The van der Waals surface area contributed by atoms with Crippen LogP contribution in [0.15, 0.2) is 48.7 Å². The smallest absolute Gasteiger partial charge is 0.253 e. The first-order valence-electron chi connectivity index (χ1n) is 9.43. The number of nitrogens with zero attached hydrogens (tertiary/aromatic N) is 1. The number of nitrogens with one attached hydrogen (secondary N) is 1. The summed E-state index contributed by atoms with van der Waals surface area (Å²) in [5.74, 6) is 1.43. The van der Waals surface area contributed by atoms with E-state index in [1.54, 1.807) is 7.11 Å². The lowest BCUT2D eigenvalue weighted by molar-refractivity contribution is 0.0713. The number of hydrogen-bond acceptors (Lipinski definition) is 3. The summed E-state index contributed by atoms with van der Waals surface area (Å²) < 4.78 is 5.37. The topological polar surface area (TPSA) is 71.3 Å². The predicted molar refractivity (Wildman–Crippen MR) is 107 cm³/mol. The largest absolute Gasteiger partial charge is 0.497 e. The highest BCUT2D eigenvalue weighted by molar-refractivity contribution is 5.94. The van der Waals surface area contributed by atoms with E-state index < -0.39 is 0 Å². The molecule has 0 aliphatic carbocycles. The van der Waals surface area contributed by atoms with E-state index in [1.807, 2.05) is 35.2 Å². The third kappa shape index (κ3) is 3.43. The number of fused-ring (bicyclic) bond motifs is 1. The number of H-pyrrole nitrogens is 1. The van der Waals surface area contributed by atoms with E-state index in [9.17, 15) is 4.79 Å². The Kier molecular flexibility index (Phi) is 4.86. The first-order valence-corrected chi connectivity index (χ1v) is 9.43. The van der Waals surface area contributed by atoms with Crippen LogP contribution in [0.4, 0.5) is 0 Å². The lowest BCUT2D eigenvalue weighted by atomic mass is 9.89. The molecule has 2 heterocycles. The molecule has 1 saturated heterocycles. The SMILES string of the molecule is COc1ccc2[nH]cc(C3CCN(C(=O)c4ccc(CN)cc4)CC3)c2c1. The molecule has 0 spiro atoms. The maximum absolute atomic E-state index is 12.8. The molecule has 140 valence electrons. The van der Waals surface area contributed by atoms with Crippen molar-refractivity contribution in [3.8, 4) is 5.75 Å². The number of benzene rings is 2. The second kappa shape index (κ2) is 7.45. The zero-order chi connectivity index (χ0) is 18.8. The van der Waals surface area contributed by atoms with Gasteiger partial charge in [-0.3, -0.25) is 4.79 Å². The number of carbonyl (C=O) groups is 1. The van der Waals surface area contributed by atoms with Gasteiger partial charge < -0.3 is 20.4 Å². The van der Waals surface area contributed by atoms with E-state index >= 15 is 0 Å². The summed E-state index contributed by atoms with van der Waals surface area (Å²) in [6.45, 7) is 2.05. The summed E-state index contributed by atoms with van der Waals surface area (Å²) in [6, 6.07) is 13.7. The molecule has 5 nitrogen and oxygen atoms in total. The van der Waals surface area contributed by atoms with Gasteiger partial charge in [-0.1, -0.05) is 12.1 Å². The summed E-state index contributed by atoms with van der Waals surface area (Å²) in [5.41, 5.74) is 9.86. The van der Waals surface area contributed by atoms with Crippen molar-refractivity contribution in [1.82, 2.24) is 9.88 Å². The van der Waals surface area contributed by atoms with Crippen LogP contribution in [-0.4, -0.2) is 36.0 Å². The predicted octanol–water partition coefficient (Wildman–Crippen LogP) is 3.66. The van der Waals surface area contributed by atoms with Gasteiger partial charge in [0, 0.05) is 42.3 Å².